The average molecular weight is 327 g/mol. The molecule has 0 bridgehead atoms. The number of hydrogen-bond donors (Lipinski definition) is 0. The van der Waals surface area contributed by atoms with Crippen LogP contribution in [0.15, 0.2) is 53.1 Å². The van der Waals surface area contributed by atoms with Crippen LogP contribution in [0.25, 0.3) is 0 Å². The second-order valence-electron chi connectivity index (χ2n) is 6.42. The van der Waals surface area contributed by atoms with Gasteiger partial charge >= 0.3 is 0 Å². The van der Waals surface area contributed by atoms with Crippen LogP contribution in [0.5, 0.6) is 0 Å². The van der Waals surface area contributed by atoms with Crippen molar-refractivity contribution in [3.63, 3.8) is 0 Å². The van der Waals surface area contributed by atoms with E-state index in [-0.39, 0.29) is 18.1 Å². The molecule has 2 heterocycles. The molecule has 0 spiro atoms. The molecule has 1 fully saturated rings. The van der Waals surface area contributed by atoms with E-state index in [2.05, 4.69) is 31.2 Å². The van der Waals surface area contributed by atoms with Gasteiger partial charge in [0.25, 0.3) is 5.91 Å². The summed E-state index contributed by atoms with van der Waals surface area (Å²) in [5.74, 6) is 0.900. The molecule has 3 rings (SSSR count). The summed E-state index contributed by atoms with van der Waals surface area (Å²) >= 11 is 0. The fourth-order valence-corrected chi connectivity index (χ4v) is 3.15. The number of carbonyl (C=O) groups excluding carboxylic acids is 1. The largest absolute Gasteiger partial charge is 0.467 e. The Bertz CT molecular complexity index is 618. The third-order valence-corrected chi connectivity index (χ3v) is 4.62. The molecule has 128 valence electrons. The molecular weight excluding hydrogens is 302 g/mol. The molecule has 0 radical (unpaired) electrons. The van der Waals surface area contributed by atoms with Gasteiger partial charge in [-0.1, -0.05) is 30.3 Å². The number of aryl methyl sites for hydroxylation is 1. The summed E-state index contributed by atoms with van der Waals surface area (Å²) in [6.07, 6.45) is 5.01. The predicted molar refractivity (Wildman–Crippen MR) is 92.5 cm³/mol. The van der Waals surface area contributed by atoms with Gasteiger partial charge in [0.2, 0.25) is 0 Å². The zero-order chi connectivity index (χ0) is 16.8. The second kappa shape index (κ2) is 8.15. The fourth-order valence-electron chi connectivity index (χ4n) is 3.15. The van der Waals surface area contributed by atoms with E-state index in [1.54, 1.807) is 6.26 Å². The fraction of sp³-hybridized carbons (Fsp3) is 0.450. The van der Waals surface area contributed by atoms with Gasteiger partial charge in [-0.25, -0.2) is 0 Å². The van der Waals surface area contributed by atoms with Crippen LogP contribution in [0.1, 0.15) is 37.5 Å². The Balaban J connectivity index is 1.66. The van der Waals surface area contributed by atoms with Crippen molar-refractivity contribution in [2.75, 3.05) is 6.61 Å². The lowest BCUT2D eigenvalue weighted by Crippen LogP contribution is -2.44. The Kier molecular flexibility index (Phi) is 5.70. The first-order valence-electron chi connectivity index (χ1n) is 8.72. The molecule has 2 aromatic rings. The van der Waals surface area contributed by atoms with Gasteiger partial charge in [-0.2, -0.15) is 0 Å². The van der Waals surface area contributed by atoms with Crippen molar-refractivity contribution in [2.45, 2.75) is 51.3 Å². The van der Waals surface area contributed by atoms with E-state index < -0.39 is 0 Å². The Morgan fingerprint density at radius 2 is 2.08 bits per heavy atom. The lowest BCUT2D eigenvalue weighted by molar-refractivity contribution is -0.144. The molecule has 24 heavy (non-hydrogen) atoms. The average Bonchev–Trinajstić information content (AvgIpc) is 3.31. The number of hydrogen-bond acceptors (Lipinski definition) is 3. The summed E-state index contributed by atoms with van der Waals surface area (Å²) in [4.78, 5) is 14.8. The SMILES string of the molecule is C[C@H](CCc1ccccc1)N(Cc1ccco1)C(=O)[C@H]1CCCO1. The lowest BCUT2D eigenvalue weighted by Gasteiger charge is -2.30. The van der Waals surface area contributed by atoms with Gasteiger partial charge in [-0.3, -0.25) is 4.79 Å². The van der Waals surface area contributed by atoms with E-state index in [0.29, 0.717) is 13.2 Å². The molecule has 0 saturated carbocycles. The molecular formula is C20H25NO3. The highest BCUT2D eigenvalue weighted by atomic mass is 16.5. The molecule has 1 aliphatic rings. The van der Waals surface area contributed by atoms with Crippen molar-refractivity contribution in [3.8, 4) is 0 Å². The summed E-state index contributed by atoms with van der Waals surface area (Å²) in [6, 6.07) is 14.3. The van der Waals surface area contributed by atoms with E-state index in [4.69, 9.17) is 9.15 Å². The number of nitrogens with zero attached hydrogens (tertiary/aromatic N) is 1. The molecule has 0 aliphatic carbocycles. The molecule has 1 aromatic heterocycles. The van der Waals surface area contributed by atoms with Crippen LogP contribution in [-0.2, 0) is 22.5 Å². The Morgan fingerprint density at radius 3 is 2.75 bits per heavy atom. The van der Waals surface area contributed by atoms with Gasteiger partial charge in [-0.15, -0.1) is 0 Å². The Hall–Kier alpha value is -2.07. The minimum atomic E-state index is -0.292. The van der Waals surface area contributed by atoms with Crippen molar-refractivity contribution in [2.24, 2.45) is 0 Å². The smallest absolute Gasteiger partial charge is 0.252 e. The molecule has 0 N–H and O–H groups in total. The summed E-state index contributed by atoms with van der Waals surface area (Å²) in [5, 5.41) is 0. The van der Waals surface area contributed by atoms with Crippen molar-refractivity contribution < 1.29 is 13.9 Å². The maximum absolute atomic E-state index is 12.9. The Labute approximate surface area is 143 Å². The van der Waals surface area contributed by atoms with Crippen molar-refractivity contribution in [1.29, 1.82) is 0 Å². The topological polar surface area (TPSA) is 42.7 Å². The minimum Gasteiger partial charge on any atom is -0.467 e. The number of benzene rings is 1. The maximum atomic E-state index is 12.9. The van der Waals surface area contributed by atoms with Crippen molar-refractivity contribution >= 4 is 5.91 Å². The van der Waals surface area contributed by atoms with Crippen molar-refractivity contribution in [1.82, 2.24) is 4.90 Å². The summed E-state index contributed by atoms with van der Waals surface area (Å²) in [6.45, 7) is 3.30. The standard InChI is InChI=1S/C20H25NO3/c1-16(11-12-17-7-3-2-4-8-17)21(15-18-9-5-13-23-18)20(22)19-10-6-14-24-19/h2-5,7-9,13,16,19H,6,10-12,14-15H2,1H3/t16-,19-/m1/s1. The van der Waals surface area contributed by atoms with Crippen LogP contribution in [0.3, 0.4) is 0 Å². The monoisotopic (exact) mass is 327 g/mol. The third-order valence-electron chi connectivity index (χ3n) is 4.62. The first-order valence-corrected chi connectivity index (χ1v) is 8.72. The van der Waals surface area contributed by atoms with Gasteiger partial charge in [0.15, 0.2) is 0 Å². The Morgan fingerprint density at radius 1 is 1.25 bits per heavy atom. The highest BCUT2D eigenvalue weighted by Gasteiger charge is 2.31. The summed E-state index contributed by atoms with van der Waals surface area (Å²) in [7, 11) is 0. The summed E-state index contributed by atoms with van der Waals surface area (Å²) < 4.78 is 11.1. The van der Waals surface area contributed by atoms with Gasteiger partial charge in [0.05, 0.1) is 12.8 Å². The van der Waals surface area contributed by atoms with Crippen molar-refractivity contribution in [3.05, 3.63) is 60.1 Å². The zero-order valence-electron chi connectivity index (χ0n) is 14.2. The van der Waals surface area contributed by atoms with Crippen LogP contribution >= 0.6 is 0 Å². The van der Waals surface area contributed by atoms with Gasteiger partial charge < -0.3 is 14.1 Å². The molecule has 1 saturated heterocycles. The first kappa shape index (κ1) is 16.8. The molecule has 1 aromatic carbocycles. The molecule has 0 unspecified atom stereocenters. The lowest BCUT2D eigenvalue weighted by atomic mass is 10.0. The molecule has 4 nitrogen and oxygen atoms in total. The number of rotatable bonds is 7. The number of furan rings is 1. The van der Waals surface area contributed by atoms with Gasteiger partial charge in [0.1, 0.15) is 11.9 Å². The second-order valence-corrected chi connectivity index (χ2v) is 6.42. The summed E-state index contributed by atoms with van der Waals surface area (Å²) in [5.41, 5.74) is 1.30. The quantitative estimate of drug-likeness (QED) is 0.776. The highest BCUT2D eigenvalue weighted by Crippen LogP contribution is 2.20. The van der Waals surface area contributed by atoms with E-state index in [1.807, 2.05) is 23.1 Å². The zero-order valence-corrected chi connectivity index (χ0v) is 14.2. The molecule has 1 aliphatic heterocycles. The molecule has 1 amide bonds. The highest BCUT2D eigenvalue weighted by molar-refractivity contribution is 5.81. The van der Waals surface area contributed by atoms with Gasteiger partial charge in [-0.05, 0) is 50.3 Å². The van der Waals surface area contributed by atoms with Crippen LogP contribution < -0.4 is 0 Å². The van der Waals surface area contributed by atoms with Gasteiger partial charge in [0, 0.05) is 12.6 Å². The first-order chi connectivity index (χ1) is 11.7. The number of ether oxygens (including phenoxy) is 1. The predicted octanol–water partition coefficient (Wildman–Crippen LogP) is 3.81. The van der Waals surface area contributed by atoms with E-state index in [9.17, 15) is 4.79 Å². The molecule has 4 heteroatoms. The van der Waals surface area contributed by atoms with Crippen LogP contribution in [0, 0.1) is 0 Å². The third kappa shape index (κ3) is 4.26. The van der Waals surface area contributed by atoms with E-state index >= 15 is 0 Å². The minimum absolute atomic E-state index is 0.0875. The number of carbonyl (C=O) groups is 1. The normalized spacial score (nSPS) is 18.5. The maximum Gasteiger partial charge on any atom is 0.252 e. The number of amides is 1. The van der Waals surface area contributed by atoms with Crippen LogP contribution in [-0.4, -0.2) is 29.6 Å². The molecule has 2 atom stereocenters. The van der Waals surface area contributed by atoms with Crippen LogP contribution in [0.2, 0.25) is 0 Å². The van der Waals surface area contributed by atoms with E-state index in [0.717, 1.165) is 31.4 Å². The van der Waals surface area contributed by atoms with E-state index in [1.165, 1.54) is 5.56 Å². The van der Waals surface area contributed by atoms with Crippen LogP contribution in [0.4, 0.5) is 0 Å².